The zero-order chi connectivity index (χ0) is 15.1. The summed E-state index contributed by atoms with van der Waals surface area (Å²) in [4.78, 5) is 12.2. The number of furan rings is 1. The fourth-order valence-corrected chi connectivity index (χ4v) is 2.92. The summed E-state index contributed by atoms with van der Waals surface area (Å²) in [7, 11) is 0. The van der Waals surface area contributed by atoms with Crippen LogP contribution in [0.1, 0.15) is 44.8 Å². The van der Waals surface area contributed by atoms with Gasteiger partial charge in [-0.25, -0.2) is 0 Å². The van der Waals surface area contributed by atoms with Gasteiger partial charge in [-0.15, -0.1) is 0 Å². The van der Waals surface area contributed by atoms with E-state index < -0.39 is 5.54 Å². The van der Waals surface area contributed by atoms with E-state index in [1.807, 2.05) is 12.1 Å². The second kappa shape index (κ2) is 7.61. The Morgan fingerprint density at radius 2 is 2.48 bits per heavy atom. The maximum Gasteiger partial charge on any atom is 0.240 e. The first-order valence-electron chi connectivity index (χ1n) is 7.77. The van der Waals surface area contributed by atoms with Crippen LogP contribution in [-0.4, -0.2) is 24.6 Å². The molecule has 1 fully saturated rings. The smallest absolute Gasteiger partial charge is 0.240 e. The SMILES string of the molecule is CC1CCCC(N)(C(=O)NCCCOCc2ccco2)C1. The van der Waals surface area contributed by atoms with Crippen molar-refractivity contribution in [3.63, 3.8) is 0 Å². The molecule has 1 amide bonds. The molecule has 1 aliphatic rings. The van der Waals surface area contributed by atoms with Crippen LogP contribution in [0.25, 0.3) is 0 Å². The predicted molar refractivity (Wildman–Crippen MR) is 80.5 cm³/mol. The molecule has 0 radical (unpaired) electrons. The summed E-state index contributed by atoms with van der Waals surface area (Å²) in [6.45, 7) is 3.83. The lowest BCUT2D eigenvalue weighted by Gasteiger charge is -2.35. The molecule has 2 atom stereocenters. The van der Waals surface area contributed by atoms with E-state index in [1.165, 1.54) is 6.42 Å². The van der Waals surface area contributed by atoms with Crippen molar-refractivity contribution in [2.45, 2.75) is 51.2 Å². The van der Waals surface area contributed by atoms with Crippen LogP contribution in [0.15, 0.2) is 22.8 Å². The molecule has 0 saturated heterocycles. The molecule has 118 valence electrons. The van der Waals surface area contributed by atoms with Crippen molar-refractivity contribution in [3.8, 4) is 0 Å². The van der Waals surface area contributed by atoms with E-state index in [4.69, 9.17) is 14.9 Å². The minimum Gasteiger partial charge on any atom is -0.467 e. The van der Waals surface area contributed by atoms with E-state index >= 15 is 0 Å². The standard InChI is InChI=1S/C16H26N2O3/c1-13-5-2-7-16(17,11-13)15(19)18-8-4-9-20-12-14-6-3-10-21-14/h3,6,10,13H,2,4-5,7-9,11-12,17H2,1H3,(H,18,19). The average molecular weight is 294 g/mol. The van der Waals surface area contributed by atoms with Crippen LogP contribution in [0.3, 0.4) is 0 Å². The Morgan fingerprint density at radius 3 is 3.19 bits per heavy atom. The van der Waals surface area contributed by atoms with Crippen molar-refractivity contribution in [2.75, 3.05) is 13.2 Å². The molecule has 1 heterocycles. The molecule has 21 heavy (non-hydrogen) atoms. The maximum absolute atomic E-state index is 12.2. The third kappa shape index (κ3) is 4.86. The van der Waals surface area contributed by atoms with E-state index in [9.17, 15) is 4.79 Å². The van der Waals surface area contributed by atoms with E-state index in [0.717, 1.165) is 31.4 Å². The van der Waals surface area contributed by atoms with E-state index in [1.54, 1.807) is 6.26 Å². The largest absolute Gasteiger partial charge is 0.467 e. The van der Waals surface area contributed by atoms with Gasteiger partial charge >= 0.3 is 0 Å². The lowest BCUT2D eigenvalue weighted by molar-refractivity contribution is -0.128. The molecule has 2 unspecified atom stereocenters. The number of nitrogens with two attached hydrogens (primary N) is 1. The number of carbonyl (C=O) groups excluding carboxylic acids is 1. The number of rotatable bonds is 7. The van der Waals surface area contributed by atoms with Gasteiger partial charge in [-0.1, -0.05) is 19.8 Å². The van der Waals surface area contributed by atoms with Crippen LogP contribution in [0.4, 0.5) is 0 Å². The lowest BCUT2D eigenvalue weighted by atomic mass is 9.76. The molecule has 0 aromatic carbocycles. The van der Waals surface area contributed by atoms with Crippen molar-refractivity contribution in [3.05, 3.63) is 24.2 Å². The third-order valence-corrected chi connectivity index (χ3v) is 4.06. The van der Waals surface area contributed by atoms with Crippen LogP contribution in [0.2, 0.25) is 0 Å². The Labute approximate surface area is 126 Å². The molecule has 0 bridgehead atoms. The minimum atomic E-state index is -0.674. The van der Waals surface area contributed by atoms with Crippen LogP contribution in [-0.2, 0) is 16.1 Å². The van der Waals surface area contributed by atoms with Crippen molar-refractivity contribution in [1.29, 1.82) is 0 Å². The monoisotopic (exact) mass is 294 g/mol. The zero-order valence-corrected chi connectivity index (χ0v) is 12.8. The van der Waals surface area contributed by atoms with Crippen molar-refractivity contribution in [1.82, 2.24) is 5.32 Å². The number of hydrogen-bond donors (Lipinski definition) is 2. The van der Waals surface area contributed by atoms with Crippen molar-refractivity contribution >= 4 is 5.91 Å². The van der Waals surface area contributed by atoms with Gasteiger partial charge in [-0.05, 0) is 37.3 Å². The van der Waals surface area contributed by atoms with E-state index in [0.29, 0.717) is 25.7 Å². The second-order valence-electron chi connectivity index (χ2n) is 6.10. The molecule has 0 spiro atoms. The summed E-state index contributed by atoms with van der Waals surface area (Å²) in [5, 5.41) is 2.94. The van der Waals surface area contributed by atoms with Crippen molar-refractivity contribution in [2.24, 2.45) is 11.7 Å². The Bertz CT molecular complexity index is 433. The highest BCUT2D eigenvalue weighted by Gasteiger charge is 2.37. The van der Waals surface area contributed by atoms with Gasteiger partial charge in [-0.3, -0.25) is 4.79 Å². The Morgan fingerprint density at radius 1 is 1.62 bits per heavy atom. The fraction of sp³-hybridized carbons (Fsp3) is 0.688. The number of amides is 1. The van der Waals surface area contributed by atoms with Gasteiger partial charge in [0.15, 0.2) is 0 Å². The molecule has 1 saturated carbocycles. The first-order valence-corrected chi connectivity index (χ1v) is 7.77. The van der Waals surface area contributed by atoms with Gasteiger partial charge < -0.3 is 20.2 Å². The maximum atomic E-state index is 12.2. The topological polar surface area (TPSA) is 77.5 Å². The number of hydrogen-bond acceptors (Lipinski definition) is 4. The number of ether oxygens (including phenoxy) is 1. The molecular formula is C16H26N2O3. The van der Waals surface area contributed by atoms with Gasteiger partial charge in [-0.2, -0.15) is 0 Å². The van der Waals surface area contributed by atoms with Gasteiger partial charge in [0.05, 0.1) is 11.8 Å². The molecule has 1 aromatic heterocycles. The summed E-state index contributed by atoms with van der Waals surface area (Å²) in [5.74, 6) is 1.34. The molecular weight excluding hydrogens is 268 g/mol. The lowest BCUT2D eigenvalue weighted by Crippen LogP contribution is -2.56. The average Bonchev–Trinajstić information content (AvgIpc) is 2.95. The summed E-state index contributed by atoms with van der Waals surface area (Å²) in [6, 6.07) is 3.72. The highest BCUT2D eigenvalue weighted by molar-refractivity contribution is 5.86. The first kappa shape index (κ1) is 16.0. The normalized spacial score (nSPS) is 25.7. The minimum absolute atomic E-state index is 0.0138. The molecule has 5 heteroatoms. The summed E-state index contributed by atoms with van der Waals surface area (Å²) < 4.78 is 10.6. The van der Waals surface area contributed by atoms with E-state index in [-0.39, 0.29) is 5.91 Å². The highest BCUT2D eigenvalue weighted by atomic mass is 16.5. The second-order valence-corrected chi connectivity index (χ2v) is 6.10. The van der Waals surface area contributed by atoms with Crippen LogP contribution in [0, 0.1) is 5.92 Å². The van der Waals surface area contributed by atoms with Crippen molar-refractivity contribution < 1.29 is 13.9 Å². The summed E-state index contributed by atoms with van der Waals surface area (Å²) in [6.07, 6.45) is 6.19. The van der Waals surface area contributed by atoms with Crippen LogP contribution >= 0.6 is 0 Å². The number of carbonyl (C=O) groups is 1. The quantitative estimate of drug-likeness (QED) is 0.756. The predicted octanol–water partition coefficient (Wildman–Crippen LogP) is 2.21. The fourth-order valence-electron chi connectivity index (χ4n) is 2.92. The van der Waals surface area contributed by atoms with Gasteiger partial charge in [0, 0.05) is 13.2 Å². The van der Waals surface area contributed by atoms with Gasteiger partial charge in [0.2, 0.25) is 5.91 Å². The van der Waals surface area contributed by atoms with Gasteiger partial charge in [0.25, 0.3) is 0 Å². The van der Waals surface area contributed by atoms with Gasteiger partial charge in [0.1, 0.15) is 12.4 Å². The first-order chi connectivity index (χ1) is 10.1. The number of nitrogens with one attached hydrogen (secondary N) is 1. The Balaban J connectivity index is 1.58. The third-order valence-electron chi connectivity index (χ3n) is 4.06. The highest BCUT2D eigenvalue weighted by Crippen LogP contribution is 2.30. The molecule has 1 aromatic rings. The Kier molecular flexibility index (Phi) is 5.82. The summed E-state index contributed by atoms with van der Waals surface area (Å²) in [5.41, 5.74) is 5.57. The molecule has 0 aliphatic heterocycles. The Hall–Kier alpha value is -1.33. The summed E-state index contributed by atoms with van der Waals surface area (Å²) >= 11 is 0. The molecule has 3 N–H and O–H groups in total. The van der Waals surface area contributed by atoms with Crippen LogP contribution in [0.5, 0.6) is 0 Å². The molecule has 1 aliphatic carbocycles. The molecule has 2 rings (SSSR count). The molecule has 5 nitrogen and oxygen atoms in total. The van der Waals surface area contributed by atoms with E-state index in [2.05, 4.69) is 12.2 Å². The van der Waals surface area contributed by atoms with Crippen LogP contribution < -0.4 is 11.1 Å². The zero-order valence-electron chi connectivity index (χ0n) is 12.8.